The average Bonchev–Trinajstić information content (AvgIpc) is 2.85. The highest BCUT2D eigenvalue weighted by atomic mass is 19.4. The van der Waals surface area contributed by atoms with Gasteiger partial charge < -0.3 is 5.32 Å². The molecule has 1 aromatic rings. The van der Waals surface area contributed by atoms with Gasteiger partial charge in [0, 0.05) is 43.9 Å². The molecule has 130 valence electrons. The van der Waals surface area contributed by atoms with Gasteiger partial charge in [0.05, 0.1) is 6.20 Å². The summed E-state index contributed by atoms with van der Waals surface area (Å²) in [6.45, 7) is 5.67. The lowest BCUT2D eigenvalue weighted by molar-refractivity contribution is -0.194. The van der Waals surface area contributed by atoms with Crippen LogP contribution in [-0.2, 0) is 11.3 Å². The van der Waals surface area contributed by atoms with E-state index in [1.807, 2.05) is 13.8 Å². The fourth-order valence-corrected chi connectivity index (χ4v) is 2.97. The molecule has 0 aromatic carbocycles. The predicted octanol–water partition coefficient (Wildman–Crippen LogP) is 2.50. The van der Waals surface area contributed by atoms with E-state index in [2.05, 4.69) is 10.4 Å². The van der Waals surface area contributed by atoms with Crippen LogP contribution in [0, 0.1) is 0 Å². The topological polar surface area (TPSA) is 50.2 Å². The second kappa shape index (κ2) is 6.90. The van der Waals surface area contributed by atoms with Gasteiger partial charge in [0.25, 0.3) is 0 Å². The number of piperidine rings is 1. The van der Waals surface area contributed by atoms with Crippen LogP contribution < -0.4 is 5.32 Å². The van der Waals surface area contributed by atoms with E-state index in [9.17, 15) is 18.0 Å². The molecule has 1 fully saturated rings. The second-order valence-corrected chi connectivity index (χ2v) is 6.38. The highest BCUT2D eigenvalue weighted by Crippen LogP contribution is 2.33. The van der Waals surface area contributed by atoms with Crippen molar-refractivity contribution >= 4 is 5.91 Å². The monoisotopic (exact) mass is 332 g/mol. The normalized spacial score (nSPS) is 23.3. The third-order valence-electron chi connectivity index (χ3n) is 4.04. The van der Waals surface area contributed by atoms with E-state index >= 15 is 0 Å². The largest absolute Gasteiger partial charge is 0.404 e. The summed E-state index contributed by atoms with van der Waals surface area (Å²) in [4.78, 5) is 12.6. The van der Waals surface area contributed by atoms with Gasteiger partial charge in [-0.2, -0.15) is 18.3 Å². The number of likely N-dealkylation sites (tertiary alicyclic amines) is 1. The highest BCUT2D eigenvalue weighted by molar-refractivity contribution is 5.73. The van der Waals surface area contributed by atoms with Gasteiger partial charge in [-0.15, -0.1) is 0 Å². The Kier molecular flexibility index (Phi) is 5.33. The molecular formula is C15H23F3N4O. The molecule has 0 unspecified atom stereocenters. The van der Waals surface area contributed by atoms with Crippen LogP contribution in [0.4, 0.5) is 13.2 Å². The van der Waals surface area contributed by atoms with Gasteiger partial charge >= 0.3 is 6.18 Å². The zero-order chi connectivity index (χ0) is 17.2. The van der Waals surface area contributed by atoms with Crippen molar-refractivity contribution in [1.82, 2.24) is 20.0 Å². The lowest BCUT2D eigenvalue weighted by Gasteiger charge is -2.40. The number of alkyl halides is 3. The van der Waals surface area contributed by atoms with Gasteiger partial charge in [0.15, 0.2) is 0 Å². The predicted molar refractivity (Wildman–Crippen MR) is 79.7 cm³/mol. The maximum atomic E-state index is 13.3. The summed E-state index contributed by atoms with van der Waals surface area (Å²) in [6, 6.07) is -1.56. The van der Waals surface area contributed by atoms with Crippen molar-refractivity contribution in [2.24, 2.45) is 0 Å². The van der Waals surface area contributed by atoms with E-state index in [1.165, 1.54) is 11.8 Å². The lowest BCUT2D eigenvalue weighted by Crippen LogP contribution is -2.55. The molecule has 8 heteroatoms. The number of hydrogen-bond acceptors (Lipinski definition) is 3. The first kappa shape index (κ1) is 17.8. The Bertz CT molecular complexity index is 541. The van der Waals surface area contributed by atoms with Gasteiger partial charge in [-0.1, -0.05) is 0 Å². The Morgan fingerprint density at radius 1 is 1.43 bits per heavy atom. The second-order valence-electron chi connectivity index (χ2n) is 6.38. The third-order valence-corrected chi connectivity index (χ3v) is 4.04. The van der Waals surface area contributed by atoms with Crippen molar-refractivity contribution < 1.29 is 18.0 Å². The Labute approximate surface area is 133 Å². The minimum Gasteiger partial charge on any atom is -0.352 e. The number of rotatable bonds is 4. The first-order valence-electron chi connectivity index (χ1n) is 7.77. The maximum absolute atomic E-state index is 13.3. The van der Waals surface area contributed by atoms with Crippen LogP contribution in [0.25, 0.3) is 0 Å². The van der Waals surface area contributed by atoms with Crippen LogP contribution in [-0.4, -0.2) is 45.4 Å². The summed E-state index contributed by atoms with van der Waals surface area (Å²) < 4.78 is 41.5. The number of aromatic nitrogens is 2. The van der Waals surface area contributed by atoms with Crippen molar-refractivity contribution in [3.05, 3.63) is 18.0 Å². The number of hydrogen-bond donors (Lipinski definition) is 1. The summed E-state index contributed by atoms with van der Waals surface area (Å²) >= 11 is 0. The van der Waals surface area contributed by atoms with Crippen molar-refractivity contribution in [1.29, 1.82) is 0 Å². The van der Waals surface area contributed by atoms with E-state index < -0.39 is 12.2 Å². The van der Waals surface area contributed by atoms with Crippen molar-refractivity contribution in [3.63, 3.8) is 0 Å². The molecule has 23 heavy (non-hydrogen) atoms. The van der Waals surface area contributed by atoms with E-state index in [0.29, 0.717) is 6.42 Å². The molecule has 2 rings (SSSR count). The molecule has 0 spiro atoms. The molecule has 5 nitrogen and oxygen atoms in total. The Balaban J connectivity index is 2.12. The number of carbonyl (C=O) groups is 1. The molecule has 2 atom stereocenters. The standard InChI is InChI=1S/C15H23F3N4O/c1-10(2)22-8-12(6-19-22)7-21-9-13(20-11(3)23)4-5-14(21)15(16,17)18/h6,8,10,13-14H,4-5,7,9H2,1-3H3,(H,20,23)/t13-,14+/m1/s1. The zero-order valence-corrected chi connectivity index (χ0v) is 13.6. The number of nitrogens with one attached hydrogen (secondary N) is 1. The van der Waals surface area contributed by atoms with E-state index in [0.717, 1.165) is 5.56 Å². The average molecular weight is 332 g/mol. The van der Waals surface area contributed by atoms with E-state index in [1.54, 1.807) is 17.1 Å². The smallest absolute Gasteiger partial charge is 0.352 e. The number of halogens is 3. The molecule has 1 amide bonds. The van der Waals surface area contributed by atoms with Crippen molar-refractivity contribution in [2.45, 2.75) is 64.5 Å². The fourth-order valence-electron chi connectivity index (χ4n) is 2.97. The van der Waals surface area contributed by atoms with Gasteiger partial charge in [0.2, 0.25) is 5.91 Å². The Morgan fingerprint density at radius 3 is 2.65 bits per heavy atom. The van der Waals surface area contributed by atoms with Crippen LogP contribution in [0.1, 0.15) is 45.2 Å². The first-order chi connectivity index (χ1) is 10.7. The van der Waals surface area contributed by atoms with E-state index in [-0.39, 0.29) is 37.5 Å². The molecule has 1 aliphatic rings. The van der Waals surface area contributed by atoms with Crippen LogP contribution in [0.5, 0.6) is 0 Å². The number of amides is 1. The molecule has 0 aliphatic carbocycles. The van der Waals surface area contributed by atoms with Gasteiger partial charge in [-0.05, 0) is 26.7 Å². The van der Waals surface area contributed by atoms with Crippen LogP contribution >= 0.6 is 0 Å². The molecule has 0 radical (unpaired) electrons. The summed E-state index contributed by atoms with van der Waals surface area (Å²) in [5.41, 5.74) is 0.747. The fraction of sp³-hybridized carbons (Fsp3) is 0.733. The van der Waals surface area contributed by atoms with Crippen LogP contribution in [0.3, 0.4) is 0 Å². The van der Waals surface area contributed by atoms with Crippen LogP contribution in [0.2, 0.25) is 0 Å². The molecule has 0 saturated carbocycles. The zero-order valence-electron chi connectivity index (χ0n) is 13.6. The molecule has 1 saturated heterocycles. The van der Waals surface area contributed by atoms with Gasteiger partial charge in [-0.25, -0.2) is 0 Å². The molecule has 2 heterocycles. The molecule has 1 N–H and O–H groups in total. The van der Waals surface area contributed by atoms with Gasteiger partial charge in [0.1, 0.15) is 6.04 Å². The third kappa shape index (κ3) is 4.70. The van der Waals surface area contributed by atoms with Crippen molar-refractivity contribution in [2.75, 3.05) is 6.54 Å². The van der Waals surface area contributed by atoms with Gasteiger partial charge in [-0.3, -0.25) is 14.4 Å². The minimum atomic E-state index is -4.27. The number of nitrogens with zero attached hydrogens (tertiary/aromatic N) is 3. The Hall–Kier alpha value is -1.57. The number of carbonyl (C=O) groups excluding carboxylic acids is 1. The van der Waals surface area contributed by atoms with E-state index in [4.69, 9.17) is 0 Å². The summed E-state index contributed by atoms with van der Waals surface area (Å²) in [5, 5.41) is 6.90. The first-order valence-corrected chi connectivity index (χ1v) is 7.77. The van der Waals surface area contributed by atoms with Crippen molar-refractivity contribution in [3.8, 4) is 0 Å². The molecule has 0 bridgehead atoms. The highest BCUT2D eigenvalue weighted by Gasteiger charge is 2.46. The maximum Gasteiger partial charge on any atom is 0.404 e. The molecule has 1 aromatic heterocycles. The quantitative estimate of drug-likeness (QED) is 0.922. The summed E-state index contributed by atoms with van der Waals surface area (Å²) in [7, 11) is 0. The molecular weight excluding hydrogens is 309 g/mol. The summed E-state index contributed by atoms with van der Waals surface area (Å²) in [6.07, 6.45) is -0.553. The summed E-state index contributed by atoms with van der Waals surface area (Å²) in [5.74, 6) is -0.215. The SMILES string of the molecule is CC(=O)N[C@@H]1CC[C@@H](C(F)(F)F)N(Cc2cnn(C(C)C)c2)C1. The minimum absolute atomic E-state index is 0.00718. The Morgan fingerprint density at radius 2 is 2.13 bits per heavy atom. The molecule has 1 aliphatic heterocycles. The van der Waals surface area contributed by atoms with Crippen LogP contribution in [0.15, 0.2) is 12.4 Å². The lowest BCUT2D eigenvalue weighted by atomic mass is 9.97.